The van der Waals surface area contributed by atoms with Gasteiger partial charge in [0, 0.05) is 10.8 Å². The Morgan fingerprint density at radius 3 is 1.54 bits per heavy atom. The summed E-state index contributed by atoms with van der Waals surface area (Å²) in [7, 11) is 0. The Labute approximate surface area is 150 Å². The predicted molar refractivity (Wildman–Crippen MR) is 103 cm³/mol. The van der Waals surface area contributed by atoms with Gasteiger partial charge in [0.25, 0.3) is 0 Å². The zero-order chi connectivity index (χ0) is 17.9. The van der Waals surface area contributed by atoms with Gasteiger partial charge in [-0.2, -0.15) is 0 Å². The summed E-state index contributed by atoms with van der Waals surface area (Å²) in [5.74, 6) is 2.49. The van der Waals surface area contributed by atoms with E-state index in [2.05, 4.69) is 9.97 Å². The van der Waals surface area contributed by atoms with Crippen molar-refractivity contribution in [3.05, 3.63) is 60.7 Å². The van der Waals surface area contributed by atoms with Crippen LogP contribution in [-0.2, 0) is 0 Å². The molecule has 4 rings (SSSR count). The monoisotopic (exact) mass is 346 g/mol. The number of fused-ring (bicyclic) bond motifs is 2. The highest BCUT2D eigenvalue weighted by Crippen LogP contribution is 2.26. The molecule has 6 nitrogen and oxygen atoms in total. The second-order valence-electron chi connectivity index (χ2n) is 5.81. The fourth-order valence-electron chi connectivity index (χ4n) is 2.84. The molecule has 2 aromatic heterocycles. The van der Waals surface area contributed by atoms with Crippen molar-refractivity contribution in [2.24, 2.45) is 0 Å². The number of nitrogen functional groups attached to an aromatic ring is 2. The molecule has 4 N–H and O–H groups in total. The van der Waals surface area contributed by atoms with Gasteiger partial charge in [-0.3, -0.25) is 0 Å². The van der Waals surface area contributed by atoms with Crippen LogP contribution in [0.4, 0.5) is 11.6 Å². The molecule has 2 heterocycles. The summed E-state index contributed by atoms with van der Waals surface area (Å²) in [6, 6.07) is 18.8. The van der Waals surface area contributed by atoms with Gasteiger partial charge < -0.3 is 20.9 Å². The third-order valence-electron chi connectivity index (χ3n) is 4.03. The van der Waals surface area contributed by atoms with Crippen LogP contribution in [0.15, 0.2) is 60.7 Å². The summed E-state index contributed by atoms with van der Waals surface area (Å²) in [5.41, 5.74) is 13.1. The van der Waals surface area contributed by atoms with Crippen molar-refractivity contribution >= 4 is 33.4 Å². The minimum atomic E-state index is 0.405. The molecule has 0 atom stereocenters. The molecule has 0 spiro atoms. The molecule has 0 bridgehead atoms. The number of anilines is 2. The predicted octanol–water partition coefficient (Wildman–Crippen LogP) is 3.41. The van der Waals surface area contributed by atoms with E-state index in [0.29, 0.717) is 24.8 Å². The normalized spacial score (nSPS) is 10.9. The lowest BCUT2D eigenvalue weighted by molar-refractivity contribution is 0.220. The molecule has 0 aliphatic carbocycles. The van der Waals surface area contributed by atoms with Gasteiger partial charge in [0.05, 0.1) is 11.0 Å². The number of nitrogens with two attached hydrogens (primary N) is 2. The molecule has 0 aliphatic heterocycles. The standard InChI is InChI=1S/C20H18N4O2/c21-19-9-7-13-15(23-19)3-1-5-17(13)25-11-12-26-18-6-2-4-16-14(18)8-10-20(22)24-16/h1-10H,11-12H2,(H2,21,23)(H2,22,24). The fraction of sp³-hybridized carbons (Fsp3) is 0.100. The Morgan fingerprint density at radius 1 is 0.615 bits per heavy atom. The lowest BCUT2D eigenvalue weighted by atomic mass is 10.2. The van der Waals surface area contributed by atoms with E-state index in [0.717, 1.165) is 33.3 Å². The Hall–Kier alpha value is -3.54. The van der Waals surface area contributed by atoms with Crippen molar-refractivity contribution in [2.75, 3.05) is 24.7 Å². The molecule has 0 saturated heterocycles. The highest BCUT2D eigenvalue weighted by molar-refractivity contribution is 5.87. The van der Waals surface area contributed by atoms with Crippen molar-refractivity contribution in [3.8, 4) is 11.5 Å². The SMILES string of the molecule is Nc1ccc2c(OCCOc3cccc4nc(N)ccc34)cccc2n1. The maximum absolute atomic E-state index is 5.87. The van der Waals surface area contributed by atoms with Crippen molar-refractivity contribution in [3.63, 3.8) is 0 Å². The van der Waals surface area contributed by atoms with Crippen molar-refractivity contribution < 1.29 is 9.47 Å². The Bertz CT molecular complexity index is 994. The van der Waals surface area contributed by atoms with Crippen LogP contribution in [0.25, 0.3) is 21.8 Å². The van der Waals surface area contributed by atoms with E-state index in [4.69, 9.17) is 20.9 Å². The van der Waals surface area contributed by atoms with E-state index in [1.54, 1.807) is 12.1 Å². The summed E-state index contributed by atoms with van der Waals surface area (Å²) in [4.78, 5) is 8.61. The Balaban J connectivity index is 1.45. The minimum Gasteiger partial charge on any atom is -0.489 e. The Morgan fingerprint density at radius 2 is 1.08 bits per heavy atom. The minimum absolute atomic E-state index is 0.405. The summed E-state index contributed by atoms with van der Waals surface area (Å²) in [6.45, 7) is 0.810. The smallest absolute Gasteiger partial charge is 0.128 e. The van der Waals surface area contributed by atoms with Gasteiger partial charge in [0.1, 0.15) is 36.3 Å². The summed E-state index contributed by atoms with van der Waals surface area (Å²) >= 11 is 0. The van der Waals surface area contributed by atoms with Gasteiger partial charge in [-0.25, -0.2) is 9.97 Å². The highest BCUT2D eigenvalue weighted by atomic mass is 16.5. The number of hydrogen-bond donors (Lipinski definition) is 2. The van der Waals surface area contributed by atoms with E-state index < -0.39 is 0 Å². The van der Waals surface area contributed by atoms with E-state index in [1.165, 1.54) is 0 Å². The number of benzene rings is 2. The first-order valence-corrected chi connectivity index (χ1v) is 8.27. The molecule has 130 valence electrons. The van der Waals surface area contributed by atoms with Crippen LogP contribution in [0.5, 0.6) is 11.5 Å². The number of rotatable bonds is 5. The second kappa shape index (κ2) is 6.76. The molecular weight excluding hydrogens is 328 g/mol. The average molecular weight is 346 g/mol. The summed E-state index contributed by atoms with van der Waals surface area (Å²) in [5, 5.41) is 1.85. The first-order valence-electron chi connectivity index (χ1n) is 8.27. The molecule has 0 unspecified atom stereocenters. The average Bonchev–Trinajstić information content (AvgIpc) is 2.64. The topological polar surface area (TPSA) is 96.3 Å². The van der Waals surface area contributed by atoms with E-state index >= 15 is 0 Å². The number of pyridine rings is 2. The Kier molecular flexibility index (Phi) is 4.15. The molecule has 6 heteroatoms. The van der Waals surface area contributed by atoms with Crippen LogP contribution in [0, 0.1) is 0 Å². The number of nitrogens with zero attached hydrogens (tertiary/aromatic N) is 2. The largest absolute Gasteiger partial charge is 0.489 e. The van der Waals surface area contributed by atoms with Crippen molar-refractivity contribution in [1.29, 1.82) is 0 Å². The van der Waals surface area contributed by atoms with Crippen LogP contribution in [0.1, 0.15) is 0 Å². The molecule has 0 radical (unpaired) electrons. The van der Waals surface area contributed by atoms with Gasteiger partial charge >= 0.3 is 0 Å². The number of ether oxygens (including phenoxy) is 2. The maximum Gasteiger partial charge on any atom is 0.128 e. The highest BCUT2D eigenvalue weighted by Gasteiger charge is 2.06. The fourth-order valence-corrected chi connectivity index (χ4v) is 2.84. The maximum atomic E-state index is 5.87. The van der Waals surface area contributed by atoms with Gasteiger partial charge in [-0.1, -0.05) is 12.1 Å². The summed E-state index contributed by atoms with van der Waals surface area (Å²) in [6.07, 6.45) is 0. The van der Waals surface area contributed by atoms with Crippen molar-refractivity contribution in [1.82, 2.24) is 9.97 Å². The van der Waals surface area contributed by atoms with Crippen LogP contribution in [0.3, 0.4) is 0 Å². The van der Waals surface area contributed by atoms with Crippen LogP contribution < -0.4 is 20.9 Å². The molecule has 0 saturated carbocycles. The van der Waals surface area contributed by atoms with Gasteiger partial charge in [-0.15, -0.1) is 0 Å². The molecule has 4 aromatic rings. The number of hydrogen-bond acceptors (Lipinski definition) is 6. The molecule has 0 amide bonds. The van der Waals surface area contributed by atoms with Gasteiger partial charge in [-0.05, 0) is 48.5 Å². The van der Waals surface area contributed by atoms with Crippen LogP contribution >= 0.6 is 0 Å². The quantitative estimate of drug-likeness (QED) is 0.538. The summed E-state index contributed by atoms with van der Waals surface area (Å²) < 4.78 is 11.7. The van der Waals surface area contributed by atoms with Gasteiger partial charge in [0.2, 0.25) is 0 Å². The van der Waals surface area contributed by atoms with E-state index in [9.17, 15) is 0 Å². The second-order valence-corrected chi connectivity index (χ2v) is 5.81. The van der Waals surface area contributed by atoms with Gasteiger partial charge in [0.15, 0.2) is 0 Å². The molecular formula is C20H18N4O2. The van der Waals surface area contributed by atoms with Crippen molar-refractivity contribution in [2.45, 2.75) is 0 Å². The molecule has 26 heavy (non-hydrogen) atoms. The first kappa shape index (κ1) is 16.0. The third-order valence-corrected chi connectivity index (χ3v) is 4.03. The molecule has 2 aromatic carbocycles. The van der Waals surface area contributed by atoms with Crippen LogP contribution in [0.2, 0.25) is 0 Å². The lowest BCUT2D eigenvalue weighted by Gasteiger charge is -2.12. The first-order chi connectivity index (χ1) is 12.7. The molecule has 0 aliphatic rings. The molecule has 0 fully saturated rings. The zero-order valence-corrected chi connectivity index (χ0v) is 14.1. The van der Waals surface area contributed by atoms with Crippen LogP contribution in [-0.4, -0.2) is 23.2 Å². The van der Waals surface area contributed by atoms with E-state index in [1.807, 2.05) is 48.5 Å². The zero-order valence-electron chi connectivity index (χ0n) is 14.1. The number of aromatic nitrogens is 2. The lowest BCUT2D eigenvalue weighted by Crippen LogP contribution is -2.09. The third kappa shape index (κ3) is 3.17. The van der Waals surface area contributed by atoms with E-state index in [-0.39, 0.29) is 0 Å².